The molecule has 3 heterocycles. The highest BCUT2D eigenvalue weighted by Crippen LogP contribution is 2.32. The van der Waals surface area contributed by atoms with Gasteiger partial charge in [-0.25, -0.2) is 0 Å². The van der Waals surface area contributed by atoms with Crippen molar-refractivity contribution in [3.63, 3.8) is 0 Å². The Labute approximate surface area is 265 Å². The average Bonchev–Trinajstić information content (AvgIpc) is 2.90. The van der Waals surface area contributed by atoms with Crippen molar-refractivity contribution in [3.8, 4) is 0 Å². The molecule has 17 nitrogen and oxygen atoms in total. The molecule has 0 radical (unpaired) electrons. The Morgan fingerprint density at radius 3 is 1.85 bits per heavy atom. The lowest BCUT2D eigenvalue weighted by Crippen LogP contribution is -2.70. The summed E-state index contributed by atoms with van der Waals surface area (Å²) in [6, 6.07) is -4.15. The summed E-state index contributed by atoms with van der Waals surface area (Å²) in [6.45, 7) is -2.21. The van der Waals surface area contributed by atoms with Crippen molar-refractivity contribution in [1.82, 2.24) is 10.6 Å². The van der Waals surface area contributed by atoms with Crippen molar-refractivity contribution in [1.29, 1.82) is 0 Å². The molecule has 0 aromatic rings. The van der Waals surface area contributed by atoms with Gasteiger partial charge in [-0.15, -0.1) is 0 Å². The molecule has 240 valence electrons. The Hall–Kier alpha value is 0.480. The molecule has 15 unspecified atom stereocenters. The van der Waals surface area contributed by atoms with Gasteiger partial charge in [-0.3, -0.25) is 0 Å². The largest absolute Gasteiger partial charge is 0.394 e. The monoisotopic (exact) mass is 844 g/mol. The molecule has 41 heavy (non-hydrogen) atoms. The first kappa shape index (κ1) is 36.0. The van der Waals surface area contributed by atoms with Gasteiger partial charge in [-0.1, -0.05) is 0 Å². The second-order valence-electron chi connectivity index (χ2n) is 9.64. The fourth-order valence-corrected chi connectivity index (χ4v) is 5.81. The first-order valence-electron chi connectivity index (χ1n) is 12.3. The number of alkyl halides is 3. The molecule has 3 rings (SSSR count). The smallest absolute Gasteiger partial charge is 0.282 e. The standard InChI is InChI=1S/C20H35FI2N4O13S/c21-20(22,23)27-19(41)26-9-13(34)15(39-17-8(25)11(32)10(31)4(1-28)37-17)6(3-30)38-18(9)40-14-5(2-29)36-16(35)7(24)12(14)33/h4-18,28-35H,1-3,24-25H2,(H2,26,27,41). The van der Waals surface area contributed by atoms with Gasteiger partial charge in [0.05, 0.1) is 31.9 Å². The zero-order valence-electron chi connectivity index (χ0n) is 21.1. The fourth-order valence-electron chi connectivity index (χ4n) is 4.63. The summed E-state index contributed by atoms with van der Waals surface area (Å²) < 4.78 is 40.3. The molecule has 3 fully saturated rings. The number of ether oxygens (including phenoxy) is 5. The number of hydrogen-bond acceptors (Lipinski definition) is 16. The zero-order chi connectivity index (χ0) is 30.8. The highest BCUT2D eigenvalue weighted by Gasteiger charge is 2.53. The topological polar surface area (TPSA) is 284 Å². The van der Waals surface area contributed by atoms with Crippen LogP contribution in [-0.4, -0.2) is 160 Å². The molecule has 0 saturated carbocycles. The lowest BCUT2D eigenvalue weighted by molar-refractivity contribution is -0.349. The Bertz CT molecular complexity index is 870. The summed E-state index contributed by atoms with van der Waals surface area (Å²) in [5, 5.41) is 86.3. The first-order valence-corrected chi connectivity index (χ1v) is 14.9. The van der Waals surface area contributed by atoms with Crippen molar-refractivity contribution < 1.29 is 68.9 Å². The van der Waals surface area contributed by atoms with Gasteiger partial charge in [-0.05, 0) is 57.4 Å². The lowest BCUT2D eigenvalue weighted by Gasteiger charge is -2.49. The number of nitrogens with one attached hydrogen (secondary N) is 2. The van der Waals surface area contributed by atoms with Gasteiger partial charge >= 0.3 is 0 Å². The molecule has 0 aromatic heterocycles. The SMILES string of the molecule is NC1C(OC2C(CO)OC(OC3C(CO)OC(O)C(N)C3O)C(NC(=S)NC(F)(I)I)C2O)OC(CO)C(O)C1O. The van der Waals surface area contributed by atoms with E-state index in [1.165, 1.54) is 45.2 Å². The van der Waals surface area contributed by atoms with Crippen LogP contribution < -0.4 is 22.1 Å². The van der Waals surface area contributed by atoms with Gasteiger partial charge in [0, 0.05) is 0 Å². The minimum atomic E-state index is -2.06. The number of thiocarbonyl (C=S) groups is 1. The Balaban J connectivity index is 1.89. The maximum atomic E-state index is 14.2. The van der Waals surface area contributed by atoms with E-state index in [2.05, 4.69) is 10.6 Å². The molecular weight excluding hydrogens is 809 g/mol. The van der Waals surface area contributed by atoms with E-state index in [-0.39, 0.29) is 5.11 Å². The second kappa shape index (κ2) is 15.2. The molecule has 3 saturated heterocycles. The highest BCUT2D eigenvalue weighted by molar-refractivity contribution is 14.2. The van der Waals surface area contributed by atoms with Crippen LogP contribution in [0.1, 0.15) is 0 Å². The Morgan fingerprint density at radius 1 is 0.780 bits per heavy atom. The third-order valence-corrected chi connectivity index (χ3v) is 7.60. The van der Waals surface area contributed by atoms with Gasteiger partial charge in [0.2, 0.25) is 0 Å². The van der Waals surface area contributed by atoms with E-state index in [1.807, 2.05) is 0 Å². The minimum Gasteiger partial charge on any atom is -0.394 e. The molecular formula is C20H35FI2N4O13S. The zero-order valence-corrected chi connectivity index (χ0v) is 26.2. The number of nitrogens with two attached hydrogens (primary N) is 2. The summed E-state index contributed by atoms with van der Waals surface area (Å²) in [5.74, 6) is 0. The van der Waals surface area contributed by atoms with Gasteiger partial charge in [0.25, 0.3) is 1.81 Å². The second-order valence-corrected chi connectivity index (χ2v) is 15.1. The fraction of sp³-hybridized carbons (Fsp3) is 0.950. The summed E-state index contributed by atoms with van der Waals surface area (Å²) in [5.41, 5.74) is 11.7. The van der Waals surface area contributed by atoms with Crippen LogP contribution in [0.15, 0.2) is 0 Å². The van der Waals surface area contributed by atoms with Gasteiger partial charge in [0.15, 0.2) is 24.0 Å². The third-order valence-electron chi connectivity index (χ3n) is 6.84. The maximum Gasteiger partial charge on any atom is 0.282 e. The molecule has 0 spiro atoms. The lowest BCUT2D eigenvalue weighted by atomic mass is 9.94. The van der Waals surface area contributed by atoms with Crippen LogP contribution in [0.2, 0.25) is 0 Å². The molecule has 15 atom stereocenters. The van der Waals surface area contributed by atoms with Gasteiger partial charge in [0.1, 0.15) is 61.0 Å². The van der Waals surface area contributed by atoms with E-state index < -0.39 is 114 Å². The van der Waals surface area contributed by atoms with Crippen LogP contribution in [-0.2, 0) is 23.7 Å². The molecule has 3 aliphatic rings. The normalized spacial score (nSPS) is 45.7. The van der Waals surface area contributed by atoms with Crippen LogP contribution in [0.4, 0.5) is 4.39 Å². The minimum absolute atomic E-state index is 0.325. The van der Waals surface area contributed by atoms with Crippen molar-refractivity contribution in [2.45, 2.75) is 93.7 Å². The molecule has 0 aliphatic carbocycles. The van der Waals surface area contributed by atoms with Crippen molar-refractivity contribution in [2.75, 3.05) is 19.8 Å². The van der Waals surface area contributed by atoms with Crippen molar-refractivity contribution in [2.24, 2.45) is 11.5 Å². The summed E-state index contributed by atoms with van der Waals surface area (Å²) in [6.07, 6.45) is -18.1. The summed E-state index contributed by atoms with van der Waals surface area (Å²) >= 11 is 7.96. The van der Waals surface area contributed by atoms with E-state index >= 15 is 0 Å². The molecule has 3 aliphatic heterocycles. The summed E-state index contributed by atoms with van der Waals surface area (Å²) in [7, 11) is 0. The maximum absolute atomic E-state index is 14.2. The van der Waals surface area contributed by atoms with Gasteiger partial charge < -0.3 is 86.6 Å². The van der Waals surface area contributed by atoms with E-state index in [0.29, 0.717) is 0 Å². The average molecular weight is 844 g/mol. The van der Waals surface area contributed by atoms with Crippen molar-refractivity contribution >= 4 is 62.5 Å². The predicted octanol–water partition coefficient (Wildman–Crippen LogP) is -5.72. The van der Waals surface area contributed by atoms with Crippen LogP contribution >= 0.6 is 57.4 Å². The molecule has 0 bridgehead atoms. The quantitative estimate of drug-likeness (QED) is 0.0446. The van der Waals surface area contributed by atoms with Crippen LogP contribution in [0.5, 0.6) is 0 Å². The van der Waals surface area contributed by atoms with E-state index in [1.54, 1.807) is 0 Å². The Morgan fingerprint density at radius 2 is 1.29 bits per heavy atom. The highest BCUT2D eigenvalue weighted by atomic mass is 127. The Kier molecular flexibility index (Phi) is 13.3. The molecule has 14 N–H and O–H groups in total. The number of aliphatic hydroxyl groups is 8. The van der Waals surface area contributed by atoms with E-state index in [0.717, 1.165) is 0 Å². The predicted molar refractivity (Wildman–Crippen MR) is 154 cm³/mol. The molecule has 0 aromatic carbocycles. The number of halogens is 3. The van der Waals surface area contributed by atoms with Crippen LogP contribution in [0.3, 0.4) is 0 Å². The number of aliphatic hydroxyl groups excluding tert-OH is 8. The molecule has 0 amide bonds. The van der Waals surface area contributed by atoms with Crippen molar-refractivity contribution in [3.05, 3.63) is 0 Å². The third kappa shape index (κ3) is 8.60. The van der Waals surface area contributed by atoms with Crippen LogP contribution in [0, 0.1) is 0 Å². The number of hydrogen-bond donors (Lipinski definition) is 12. The summed E-state index contributed by atoms with van der Waals surface area (Å²) in [4.78, 5) is 0. The van der Waals surface area contributed by atoms with E-state index in [9.17, 15) is 45.2 Å². The number of rotatable bonds is 9. The molecule has 21 heteroatoms. The van der Waals surface area contributed by atoms with Crippen LogP contribution in [0.25, 0.3) is 0 Å². The van der Waals surface area contributed by atoms with E-state index in [4.69, 9.17) is 47.4 Å². The first-order chi connectivity index (χ1) is 19.1. The van der Waals surface area contributed by atoms with Gasteiger partial charge in [-0.2, -0.15) is 4.39 Å².